The number of aromatic nitrogens is 3. The summed E-state index contributed by atoms with van der Waals surface area (Å²) in [5.41, 5.74) is 2.33. The Morgan fingerprint density at radius 1 is 1.08 bits per heavy atom. The van der Waals surface area contributed by atoms with Crippen molar-refractivity contribution in [2.45, 2.75) is 18.8 Å². The van der Waals surface area contributed by atoms with Gasteiger partial charge in [-0.25, -0.2) is 0 Å². The molecule has 0 amide bonds. The van der Waals surface area contributed by atoms with E-state index < -0.39 is 0 Å². The number of hydrogen-bond acceptors (Lipinski definition) is 5. The van der Waals surface area contributed by atoms with Crippen molar-refractivity contribution in [3.63, 3.8) is 0 Å². The summed E-state index contributed by atoms with van der Waals surface area (Å²) < 4.78 is 5.51. The topological polar surface area (TPSA) is 55.1 Å². The fourth-order valence-electron chi connectivity index (χ4n) is 3.19. The molecule has 0 N–H and O–H groups in total. The Kier molecular flexibility index (Phi) is 4.34. The van der Waals surface area contributed by atoms with Crippen LogP contribution in [-0.4, -0.2) is 39.7 Å². The second-order valence-corrected chi connectivity index (χ2v) is 6.21. The molecular weight excluding hydrogens is 300 g/mol. The number of rotatable bonds is 5. The van der Waals surface area contributed by atoms with Crippen LogP contribution in [0.1, 0.15) is 23.8 Å². The predicted octanol–water partition coefficient (Wildman–Crippen LogP) is 3.16. The molecule has 24 heavy (non-hydrogen) atoms. The van der Waals surface area contributed by atoms with Gasteiger partial charge < -0.3 is 9.42 Å². The summed E-state index contributed by atoms with van der Waals surface area (Å²) in [5.74, 6) is 1.74. The molecular formula is C19H20N4O. The Hall–Kier alpha value is -2.53. The number of hydrogen-bond donors (Lipinski definition) is 0. The molecule has 1 unspecified atom stereocenters. The van der Waals surface area contributed by atoms with Crippen LogP contribution in [-0.2, 0) is 6.42 Å². The molecule has 5 heteroatoms. The van der Waals surface area contributed by atoms with Gasteiger partial charge in [-0.3, -0.25) is 4.98 Å². The van der Waals surface area contributed by atoms with Crippen LogP contribution in [0.3, 0.4) is 0 Å². The zero-order chi connectivity index (χ0) is 16.2. The zero-order valence-electron chi connectivity index (χ0n) is 13.5. The van der Waals surface area contributed by atoms with E-state index in [9.17, 15) is 0 Å². The minimum Gasteiger partial charge on any atom is -0.339 e. The molecule has 0 aliphatic carbocycles. The lowest BCUT2D eigenvalue weighted by atomic mass is 10.1. The van der Waals surface area contributed by atoms with E-state index in [4.69, 9.17) is 4.52 Å². The molecule has 5 nitrogen and oxygen atoms in total. The molecule has 3 heterocycles. The van der Waals surface area contributed by atoms with E-state index in [0.29, 0.717) is 11.7 Å². The Labute approximate surface area is 141 Å². The third kappa shape index (κ3) is 3.36. The van der Waals surface area contributed by atoms with Gasteiger partial charge in [0.2, 0.25) is 11.7 Å². The van der Waals surface area contributed by atoms with Gasteiger partial charge in [-0.1, -0.05) is 35.5 Å². The van der Waals surface area contributed by atoms with Crippen LogP contribution < -0.4 is 0 Å². The summed E-state index contributed by atoms with van der Waals surface area (Å²) in [6.45, 7) is 3.15. The summed E-state index contributed by atoms with van der Waals surface area (Å²) in [5, 5.41) is 4.12. The molecule has 1 saturated heterocycles. The lowest BCUT2D eigenvalue weighted by Gasteiger charge is -2.14. The number of pyridine rings is 1. The Morgan fingerprint density at radius 3 is 2.75 bits per heavy atom. The van der Waals surface area contributed by atoms with Crippen LogP contribution in [0, 0.1) is 0 Å². The summed E-state index contributed by atoms with van der Waals surface area (Å²) in [7, 11) is 0. The average molecular weight is 320 g/mol. The normalized spacial score (nSPS) is 18.1. The molecule has 1 fully saturated rings. The maximum Gasteiger partial charge on any atom is 0.231 e. The third-order valence-corrected chi connectivity index (χ3v) is 4.56. The standard InChI is InChI=1S/C19H20N4O/c1-2-4-15(5-3-1)8-12-23-13-9-17(14-23)19-21-18(22-24-19)16-6-10-20-11-7-16/h1-7,10-11,17H,8-9,12-14H2. The van der Waals surface area contributed by atoms with E-state index in [0.717, 1.165) is 43.9 Å². The Bertz CT molecular complexity index is 772. The van der Waals surface area contributed by atoms with Gasteiger partial charge in [0.25, 0.3) is 0 Å². The fraction of sp³-hybridized carbons (Fsp3) is 0.316. The second-order valence-electron chi connectivity index (χ2n) is 6.21. The molecule has 0 bridgehead atoms. The highest BCUT2D eigenvalue weighted by atomic mass is 16.5. The van der Waals surface area contributed by atoms with Crippen molar-refractivity contribution >= 4 is 0 Å². The molecule has 1 aliphatic rings. The second kappa shape index (κ2) is 6.93. The van der Waals surface area contributed by atoms with Crippen molar-refractivity contribution in [1.29, 1.82) is 0 Å². The molecule has 1 atom stereocenters. The highest BCUT2D eigenvalue weighted by molar-refractivity contribution is 5.52. The quantitative estimate of drug-likeness (QED) is 0.723. The third-order valence-electron chi connectivity index (χ3n) is 4.56. The zero-order valence-corrected chi connectivity index (χ0v) is 13.5. The van der Waals surface area contributed by atoms with Crippen LogP contribution in [0.5, 0.6) is 0 Å². The van der Waals surface area contributed by atoms with Crippen molar-refractivity contribution < 1.29 is 4.52 Å². The van der Waals surface area contributed by atoms with E-state index in [1.54, 1.807) is 12.4 Å². The Balaban J connectivity index is 1.36. The van der Waals surface area contributed by atoms with Gasteiger partial charge in [0.15, 0.2) is 0 Å². The monoisotopic (exact) mass is 320 g/mol. The molecule has 0 spiro atoms. The van der Waals surface area contributed by atoms with E-state index in [-0.39, 0.29) is 0 Å². The van der Waals surface area contributed by atoms with Crippen molar-refractivity contribution in [2.24, 2.45) is 0 Å². The molecule has 0 saturated carbocycles. The minimum atomic E-state index is 0.337. The molecule has 2 aromatic heterocycles. The smallest absolute Gasteiger partial charge is 0.231 e. The summed E-state index contributed by atoms with van der Waals surface area (Å²) in [6, 6.07) is 14.4. The van der Waals surface area contributed by atoms with Gasteiger partial charge in [0, 0.05) is 31.0 Å². The first-order valence-electron chi connectivity index (χ1n) is 8.39. The predicted molar refractivity (Wildman–Crippen MR) is 91.5 cm³/mol. The van der Waals surface area contributed by atoms with Gasteiger partial charge >= 0.3 is 0 Å². The number of likely N-dealkylation sites (tertiary alicyclic amines) is 1. The summed E-state index contributed by atoms with van der Waals surface area (Å²) >= 11 is 0. The van der Waals surface area contributed by atoms with E-state index in [1.165, 1.54) is 5.56 Å². The molecule has 4 rings (SSSR count). The number of nitrogens with zero attached hydrogens (tertiary/aromatic N) is 4. The molecule has 122 valence electrons. The lowest BCUT2D eigenvalue weighted by molar-refractivity contribution is 0.318. The van der Waals surface area contributed by atoms with Gasteiger partial charge in [-0.05, 0) is 37.1 Å². The molecule has 3 aromatic rings. The molecule has 1 aromatic carbocycles. The lowest BCUT2D eigenvalue weighted by Crippen LogP contribution is -2.23. The average Bonchev–Trinajstić information content (AvgIpc) is 3.31. The maximum atomic E-state index is 5.51. The highest BCUT2D eigenvalue weighted by Crippen LogP contribution is 2.27. The largest absolute Gasteiger partial charge is 0.339 e. The van der Waals surface area contributed by atoms with Gasteiger partial charge in [0.05, 0.1) is 5.92 Å². The van der Waals surface area contributed by atoms with Crippen molar-refractivity contribution in [3.05, 3.63) is 66.3 Å². The van der Waals surface area contributed by atoms with Crippen molar-refractivity contribution in [3.8, 4) is 11.4 Å². The maximum absolute atomic E-state index is 5.51. The molecule has 0 radical (unpaired) electrons. The molecule has 1 aliphatic heterocycles. The number of benzene rings is 1. The Morgan fingerprint density at radius 2 is 1.92 bits per heavy atom. The van der Waals surface area contributed by atoms with Gasteiger partial charge in [0.1, 0.15) is 0 Å². The first-order valence-corrected chi connectivity index (χ1v) is 8.39. The van der Waals surface area contributed by atoms with Crippen LogP contribution in [0.4, 0.5) is 0 Å². The first-order chi connectivity index (χ1) is 11.9. The van der Waals surface area contributed by atoms with E-state index in [2.05, 4.69) is 50.4 Å². The SMILES string of the molecule is c1ccc(CCN2CCC(c3nc(-c4ccncc4)no3)C2)cc1. The minimum absolute atomic E-state index is 0.337. The van der Waals surface area contributed by atoms with Crippen LogP contribution >= 0.6 is 0 Å². The van der Waals surface area contributed by atoms with Crippen molar-refractivity contribution in [1.82, 2.24) is 20.0 Å². The summed E-state index contributed by atoms with van der Waals surface area (Å²) in [4.78, 5) is 11.1. The fourth-order valence-corrected chi connectivity index (χ4v) is 3.19. The van der Waals surface area contributed by atoms with Gasteiger partial charge in [-0.15, -0.1) is 0 Å². The van der Waals surface area contributed by atoms with Crippen LogP contribution in [0.15, 0.2) is 59.4 Å². The first kappa shape index (κ1) is 15.0. The highest BCUT2D eigenvalue weighted by Gasteiger charge is 2.28. The van der Waals surface area contributed by atoms with Crippen LogP contribution in [0.25, 0.3) is 11.4 Å². The van der Waals surface area contributed by atoms with E-state index in [1.807, 2.05) is 12.1 Å². The van der Waals surface area contributed by atoms with Gasteiger partial charge in [-0.2, -0.15) is 4.98 Å². The van der Waals surface area contributed by atoms with Crippen LogP contribution in [0.2, 0.25) is 0 Å². The summed E-state index contributed by atoms with van der Waals surface area (Å²) in [6.07, 6.45) is 5.64. The van der Waals surface area contributed by atoms with E-state index >= 15 is 0 Å². The van der Waals surface area contributed by atoms with Crippen molar-refractivity contribution in [2.75, 3.05) is 19.6 Å².